The van der Waals surface area contributed by atoms with Gasteiger partial charge in [0.05, 0.1) is 6.54 Å². The van der Waals surface area contributed by atoms with Gasteiger partial charge in [0.25, 0.3) is 0 Å². The molecule has 2 heterocycles. The van der Waals surface area contributed by atoms with Crippen molar-refractivity contribution < 1.29 is 4.74 Å². The van der Waals surface area contributed by atoms with Crippen LogP contribution in [0.15, 0.2) is 59.6 Å². The quantitative estimate of drug-likeness (QED) is 0.865. The maximum absolute atomic E-state index is 5.86. The zero-order valence-corrected chi connectivity index (χ0v) is 11.1. The molecule has 0 saturated carbocycles. The summed E-state index contributed by atoms with van der Waals surface area (Å²) >= 11 is 0. The van der Waals surface area contributed by atoms with Gasteiger partial charge in [-0.05, 0) is 16.7 Å². The van der Waals surface area contributed by atoms with E-state index < -0.39 is 0 Å². The van der Waals surface area contributed by atoms with Gasteiger partial charge in [0.1, 0.15) is 18.0 Å². The van der Waals surface area contributed by atoms with Gasteiger partial charge in [-0.1, -0.05) is 54.6 Å². The standard InChI is InChI=1S/C17H16N2O/c1-2-6-12(7-3-1)13-8-4-5-9-14(13)15-16(20-15)17-18-10-11-19-17/h1-9,15-16H,10-11H2,(H,18,19)/t15-,16+/m0/s1. The van der Waals surface area contributed by atoms with Gasteiger partial charge in [-0.15, -0.1) is 0 Å². The number of ether oxygens (including phenoxy) is 1. The Morgan fingerprint density at radius 2 is 1.75 bits per heavy atom. The maximum Gasteiger partial charge on any atom is 0.146 e. The summed E-state index contributed by atoms with van der Waals surface area (Å²) < 4.78 is 5.86. The summed E-state index contributed by atoms with van der Waals surface area (Å²) in [5.41, 5.74) is 3.73. The molecule has 0 radical (unpaired) electrons. The lowest BCUT2D eigenvalue weighted by atomic mass is 9.96. The van der Waals surface area contributed by atoms with Crippen LogP contribution >= 0.6 is 0 Å². The van der Waals surface area contributed by atoms with Gasteiger partial charge < -0.3 is 10.1 Å². The number of epoxide rings is 1. The smallest absolute Gasteiger partial charge is 0.146 e. The summed E-state index contributed by atoms with van der Waals surface area (Å²) in [7, 11) is 0. The van der Waals surface area contributed by atoms with Gasteiger partial charge in [0, 0.05) is 6.54 Å². The minimum absolute atomic E-state index is 0.113. The predicted octanol–water partition coefficient (Wildman–Crippen LogP) is 2.80. The van der Waals surface area contributed by atoms with Crippen molar-refractivity contribution >= 4 is 5.84 Å². The first-order chi connectivity index (χ1) is 9.93. The Hall–Kier alpha value is -2.13. The van der Waals surface area contributed by atoms with Crippen LogP contribution in [0.25, 0.3) is 11.1 Å². The first-order valence-corrected chi connectivity index (χ1v) is 7.01. The Morgan fingerprint density at radius 3 is 2.55 bits per heavy atom. The number of hydrogen-bond donors (Lipinski definition) is 1. The van der Waals surface area contributed by atoms with Crippen LogP contribution in [0.3, 0.4) is 0 Å². The van der Waals surface area contributed by atoms with Crippen LogP contribution in [0.4, 0.5) is 0 Å². The Kier molecular flexibility index (Phi) is 2.78. The molecule has 0 amide bonds. The molecule has 1 N–H and O–H groups in total. The van der Waals surface area contributed by atoms with Crippen LogP contribution in [0.5, 0.6) is 0 Å². The molecule has 20 heavy (non-hydrogen) atoms. The van der Waals surface area contributed by atoms with Crippen molar-refractivity contribution in [2.24, 2.45) is 4.99 Å². The Balaban J connectivity index is 1.67. The molecular weight excluding hydrogens is 248 g/mol. The second-order valence-corrected chi connectivity index (χ2v) is 5.12. The van der Waals surface area contributed by atoms with Gasteiger partial charge in [-0.25, -0.2) is 0 Å². The molecule has 1 saturated heterocycles. The van der Waals surface area contributed by atoms with Crippen LogP contribution < -0.4 is 5.32 Å². The second-order valence-electron chi connectivity index (χ2n) is 5.12. The molecule has 2 aliphatic heterocycles. The molecule has 0 unspecified atom stereocenters. The molecule has 2 aromatic rings. The summed E-state index contributed by atoms with van der Waals surface area (Å²) in [6.07, 6.45) is 0.248. The maximum atomic E-state index is 5.86. The minimum atomic E-state index is 0.113. The van der Waals surface area contributed by atoms with E-state index in [1.807, 2.05) is 6.07 Å². The van der Waals surface area contributed by atoms with E-state index in [0.29, 0.717) is 0 Å². The molecule has 0 aromatic heterocycles. The highest BCUT2D eigenvalue weighted by atomic mass is 16.6. The minimum Gasteiger partial charge on any atom is -0.370 e. The van der Waals surface area contributed by atoms with Crippen molar-refractivity contribution in [3.8, 4) is 11.1 Å². The van der Waals surface area contributed by atoms with E-state index in [2.05, 4.69) is 58.8 Å². The molecule has 2 aliphatic rings. The first-order valence-electron chi connectivity index (χ1n) is 7.01. The molecule has 3 heteroatoms. The van der Waals surface area contributed by atoms with Crippen molar-refractivity contribution in [1.29, 1.82) is 0 Å². The fourth-order valence-electron chi connectivity index (χ4n) is 2.79. The number of benzene rings is 2. The number of aliphatic imine (C=N–C) groups is 1. The molecule has 2 aromatic carbocycles. The highest BCUT2D eigenvalue weighted by Gasteiger charge is 2.45. The second kappa shape index (κ2) is 4.76. The van der Waals surface area contributed by atoms with E-state index in [9.17, 15) is 0 Å². The van der Waals surface area contributed by atoms with Crippen molar-refractivity contribution in [2.75, 3.05) is 13.1 Å². The first kappa shape index (κ1) is 11.7. The average molecular weight is 264 g/mol. The number of rotatable bonds is 3. The summed E-state index contributed by atoms with van der Waals surface area (Å²) in [4.78, 5) is 4.46. The molecule has 100 valence electrons. The largest absolute Gasteiger partial charge is 0.370 e. The third-order valence-electron chi connectivity index (χ3n) is 3.81. The number of amidine groups is 1. The zero-order chi connectivity index (χ0) is 13.4. The highest BCUT2D eigenvalue weighted by molar-refractivity contribution is 5.91. The van der Waals surface area contributed by atoms with Crippen LogP contribution in [-0.4, -0.2) is 25.0 Å². The third kappa shape index (κ3) is 2.00. The van der Waals surface area contributed by atoms with Crippen molar-refractivity contribution in [1.82, 2.24) is 5.32 Å². The van der Waals surface area contributed by atoms with E-state index in [1.54, 1.807) is 0 Å². The molecule has 3 nitrogen and oxygen atoms in total. The Bertz CT molecular complexity index is 651. The van der Waals surface area contributed by atoms with Gasteiger partial charge in [-0.2, -0.15) is 0 Å². The lowest BCUT2D eigenvalue weighted by molar-refractivity contribution is 0.399. The van der Waals surface area contributed by atoms with Gasteiger partial charge in [0.15, 0.2) is 0 Å². The van der Waals surface area contributed by atoms with E-state index in [4.69, 9.17) is 4.74 Å². The van der Waals surface area contributed by atoms with Crippen LogP contribution in [-0.2, 0) is 4.74 Å². The van der Waals surface area contributed by atoms with Crippen LogP contribution in [0.1, 0.15) is 11.7 Å². The molecule has 0 spiro atoms. The van der Waals surface area contributed by atoms with Crippen molar-refractivity contribution in [2.45, 2.75) is 12.2 Å². The van der Waals surface area contributed by atoms with E-state index in [1.165, 1.54) is 16.7 Å². The Labute approximate surface area is 118 Å². The van der Waals surface area contributed by atoms with E-state index in [0.717, 1.165) is 18.9 Å². The summed E-state index contributed by atoms with van der Waals surface area (Å²) in [5.74, 6) is 1.01. The van der Waals surface area contributed by atoms with Crippen LogP contribution in [0.2, 0.25) is 0 Å². The number of nitrogens with one attached hydrogen (secondary N) is 1. The predicted molar refractivity (Wildman–Crippen MR) is 79.8 cm³/mol. The van der Waals surface area contributed by atoms with Crippen LogP contribution in [0, 0.1) is 0 Å². The molecular formula is C17H16N2O. The lowest BCUT2D eigenvalue weighted by Crippen LogP contribution is -2.23. The third-order valence-corrected chi connectivity index (χ3v) is 3.81. The number of hydrogen-bond acceptors (Lipinski definition) is 3. The average Bonchev–Trinajstić information content (AvgIpc) is 3.13. The normalized spacial score (nSPS) is 24.1. The number of nitrogens with zero attached hydrogens (tertiary/aromatic N) is 1. The van der Waals surface area contributed by atoms with E-state index >= 15 is 0 Å². The fraction of sp³-hybridized carbons (Fsp3) is 0.235. The summed E-state index contributed by atoms with van der Waals surface area (Å²) in [6.45, 7) is 1.80. The highest BCUT2D eigenvalue weighted by Crippen LogP contribution is 2.43. The van der Waals surface area contributed by atoms with E-state index in [-0.39, 0.29) is 12.2 Å². The molecule has 0 bridgehead atoms. The fourth-order valence-corrected chi connectivity index (χ4v) is 2.79. The topological polar surface area (TPSA) is 36.9 Å². The lowest BCUT2D eigenvalue weighted by Gasteiger charge is -2.07. The van der Waals surface area contributed by atoms with Crippen molar-refractivity contribution in [3.63, 3.8) is 0 Å². The monoisotopic (exact) mass is 264 g/mol. The molecule has 2 atom stereocenters. The SMILES string of the molecule is c1ccc(-c2ccccc2[C@@H]2O[C@H]2C2=NCCN2)cc1. The zero-order valence-electron chi connectivity index (χ0n) is 11.1. The summed E-state index contributed by atoms with van der Waals surface area (Å²) in [5, 5.41) is 3.30. The van der Waals surface area contributed by atoms with Gasteiger partial charge >= 0.3 is 0 Å². The van der Waals surface area contributed by atoms with Crippen molar-refractivity contribution in [3.05, 3.63) is 60.2 Å². The Morgan fingerprint density at radius 1 is 0.950 bits per heavy atom. The molecule has 4 rings (SSSR count). The van der Waals surface area contributed by atoms with Gasteiger partial charge in [-0.3, -0.25) is 4.99 Å². The molecule has 0 aliphatic carbocycles. The summed E-state index contributed by atoms with van der Waals surface area (Å²) in [6, 6.07) is 18.9. The van der Waals surface area contributed by atoms with Gasteiger partial charge in [0.2, 0.25) is 0 Å². The molecule has 1 fully saturated rings.